The Balaban J connectivity index is 1.97. The monoisotopic (exact) mass is 242 g/mol. The highest BCUT2D eigenvalue weighted by molar-refractivity contribution is 5.80. The molecule has 2 atom stereocenters. The number of anilines is 1. The summed E-state index contributed by atoms with van der Waals surface area (Å²) in [6, 6.07) is 12.9. The lowest BCUT2D eigenvalue weighted by Gasteiger charge is -2.37. The second kappa shape index (κ2) is 4.58. The Bertz CT molecular complexity index is 555. The quantitative estimate of drug-likeness (QED) is 0.769. The van der Waals surface area contributed by atoms with Gasteiger partial charge in [-0.1, -0.05) is 18.2 Å². The zero-order valence-corrected chi connectivity index (χ0v) is 10.8. The van der Waals surface area contributed by atoms with Crippen molar-refractivity contribution in [3.63, 3.8) is 0 Å². The summed E-state index contributed by atoms with van der Waals surface area (Å²) in [5, 5.41) is 1.19. The van der Waals surface area contributed by atoms with Crippen LogP contribution in [-0.2, 0) is 4.74 Å². The van der Waals surface area contributed by atoms with Crippen LogP contribution in [0, 0.1) is 0 Å². The van der Waals surface area contributed by atoms with Crippen LogP contribution in [0.1, 0.15) is 13.8 Å². The van der Waals surface area contributed by atoms with Crippen LogP contribution in [0.4, 0.5) is 5.82 Å². The molecule has 3 heteroatoms. The summed E-state index contributed by atoms with van der Waals surface area (Å²) in [5.74, 6) is 1.05. The lowest BCUT2D eigenvalue weighted by atomic mass is 10.2. The zero-order valence-electron chi connectivity index (χ0n) is 10.8. The van der Waals surface area contributed by atoms with Gasteiger partial charge in [0.05, 0.1) is 24.3 Å². The average Bonchev–Trinajstić information content (AvgIpc) is 2.41. The van der Waals surface area contributed by atoms with Gasteiger partial charge in [-0.25, -0.2) is 4.98 Å². The predicted octanol–water partition coefficient (Wildman–Crippen LogP) is 2.85. The van der Waals surface area contributed by atoms with Crippen molar-refractivity contribution < 1.29 is 4.74 Å². The van der Waals surface area contributed by atoms with Crippen LogP contribution in [0.3, 0.4) is 0 Å². The Morgan fingerprint density at radius 2 is 2.00 bits per heavy atom. The maximum atomic E-state index is 5.66. The zero-order chi connectivity index (χ0) is 12.5. The molecule has 2 aromatic rings. The molecule has 0 unspecified atom stereocenters. The molecule has 1 fully saturated rings. The first-order valence-electron chi connectivity index (χ1n) is 6.48. The number of hydrogen-bond donors (Lipinski definition) is 0. The molecule has 2 heterocycles. The van der Waals surface area contributed by atoms with Crippen molar-refractivity contribution in [1.29, 1.82) is 0 Å². The van der Waals surface area contributed by atoms with Crippen LogP contribution >= 0.6 is 0 Å². The van der Waals surface area contributed by atoms with Crippen LogP contribution in [0.15, 0.2) is 36.4 Å². The summed E-state index contributed by atoms with van der Waals surface area (Å²) in [6.07, 6.45) is 0.273. The Hall–Kier alpha value is -1.61. The number of rotatable bonds is 1. The third-order valence-electron chi connectivity index (χ3n) is 3.49. The molecule has 0 saturated carbocycles. The molecule has 0 bridgehead atoms. The standard InChI is InChI=1S/C15H18N2O/c1-11-10-18-12(2)9-17(11)15-8-7-13-5-3-4-6-14(13)16-15/h3-8,11-12H,9-10H2,1-2H3/t11-,12+/m0/s1. The Morgan fingerprint density at radius 3 is 2.89 bits per heavy atom. The van der Waals surface area contributed by atoms with E-state index in [1.54, 1.807) is 0 Å². The number of fused-ring (bicyclic) bond motifs is 1. The number of benzene rings is 1. The van der Waals surface area contributed by atoms with Crippen molar-refractivity contribution >= 4 is 16.7 Å². The maximum Gasteiger partial charge on any atom is 0.129 e. The van der Waals surface area contributed by atoms with Gasteiger partial charge in [0, 0.05) is 11.9 Å². The lowest BCUT2D eigenvalue weighted by molar-refractivity contribution is 0.0341. The van der Waals surface area contributed by atoms with E-state index in [1.165, 1.54) is 5.39 Å². The van der Waals surface area contributed by atoms with Crippen molar-refractivity contribution in [2.45, 2.75) is 26.0 Å². The van der Waals surface area contributed by atoms with Gasteiger partial charge in [0.1, 0.15) is 5.82 Å². The molecule has 94 valence electrons. The molecule has 1 aliphatic rings. The molecule has 18 heavy (non-hydrogen) atoms. The second-order valence-corrected chi connectivity index (χ2v) is 5.01. The molecule has 1 aliphatic heterocycles. The first-order valence-corrected chi connectivity index (χ1v) is 6.48. The van der Waals surface area contributed by atoms with Gasteiger partial charge in [-0.3, -0.25) is 0 Å². The van der Waals surface area contributed by atoms with Crippen LogP contribution in [-0.4, -0.2) is 30.3 Å². The summed E-state index contributed by atoms with van der Waals surface area (Å²) in [4.78, 5) is 7.09. The molecule has 0 aliphatic carbocycles. The molecular formula is C15H18N2O. The van der Waals surface area contributed by atoms with Gasteiger partial charge >= 0.3 is 0 Å². The van der Waals surface area contributed by atoms with E-state index in [-0.39, 0.29) is 6.10 Å². The fourth-order valence-electron chi connectivity index (χ4n) is 2.44. The van der Waals surface area contributed by atoms with E-state index >= 15 is 0 Å². The van der Waals surface area contributed by atoms with Crippen LogP contribution in [0.2, 0.25) is 0 Å². The van der Waals surface area contributed by atoms with E-state index in [9.17, 15) is 0 Å². The topological polar surface area (TPSA) is 25.4 Å². The average molecular weight is 242 g/mol. The third-order valence-corrected chi connectivity index (χ3v) is 3.49. The molecule has 0 amide bonds. The minimum Gasteiger partial charge on any atom is -0.375 e. The molecule has 1 saturated heterocycles. The van der Waals surface area contributed by atoms with Crippen molar-refractivity contribution in [1.82, 2.24) is 4.98 Å². The summed E-state index contributed by atoms with van der Waals surface area (Å²) >= 11 is 0. The number of para-hydroxylation sites is 1. The largest absolute Gasteiger partial charge is 0.375 e. The van der Waals surface area contributed by atoms with Gasteiger partial charge in [0.25, 0.3) is 0 Å². The van der Waals surface area contributed by atoms with Crippen molar-refractivity contribution in [2.75, 3.05) is 18.1 Å². The number of aromatic nitrogens is 1. The fraction of sp³-hybridized carbons (Fsp3) is 0.400. The van der Waals surface area contributed by atoms with E-state index in [2.05, 4.69) is 43.0 Å². The van der Waals surface area contributed by atoms with E-state index in [0.717, 1.165) is 24.5 Å². The summed E-state index contributed by atoms with van der Waals surface area (Å²) in [7, 11) is 0. The lowest BCUT2D eigenvalue weighted by Crippen LogP contribution is -2.47. The van der Waals surface area contributed by atoms with E-state index in [4.69, 9.17) is 9.72 Å². The highest BCUT2D eigenvalue weighted by atomic mass is 16.5. The highest BCUT2D eigenvalue weighted by Gasteiger charge is 2.24. The molecular weight excluding hydrogens is 224 g/mol. The number of hydrogen-bond acceptors (Lipinski definition) is 3. The maximum absolute atomic E-state index is 5.66. The normalized spacial score (nSPS) is 24.4. The highest BCUT2D eigenvalue weighted by Crippen LogP contribution is 2.22. The summed E-state index contributed by atoms with van der Waals surface area (Å²) in [6.45, 7) is 5.98. The number of nitrogens with zero attached hydrogens (tertiary/aromatic N) is 2. The van der Waals surface area contributed by atoms with Crippen molar-refractivity contribution in [2.24, 2.45) is 0 Å². The Labute approximate surface area is 107 Å². The molecule has 1 aromatic heterocycles. The van der Waals surface area contributed by atoms with E-state index < -0.39 is 0 Å². The fourth-order valence-corrected chi connectivity index (χ4v) is 2.44. The minimum atomic E-state index is 0.273. The molecule has 3 rings (SSSR count). The molecule has 1 aromatic carbocycles. The smallest absolute Gasteiger partial charge is 0.129 e. The van der Waals surface area contributed by atoms with Crippen molar-refractivity contribution in [3.8, 4) is 0 Å². The predicted molar refractivity (Wildman–Crippen MR) is 74.0 cm³/mol. The van der Waals surface area contributed by atoms with E-state index in [0.29, 0.717) is 6.04 Å². The van der Waals surface area contributed by atoms with Gasteiger partial charge in [-0.15, -0.1) is 0 Å². The first kappa shape index (κ1) is 11.5. The van der Waals surface area contributed by atoms with Gasteiger partial charge in [-0.05, 0) is 32.0 Å². The van der Waals surface area contributed by atoms with Crippen LogP contribution in [0.5, 0.6) is 0 Å². The molecule has 0 spiro atoms. The van der Waals surface area contributed by atoms with Gasteiger partial charge < -0.3 is 9.64 Å². The van der Waals surface area contributed by atoms with Crippen molar-refractivity contribution in [3.05, 3.63) is 36.4 Å². The number of ether oxygens (including phenoxy) is 1. The van der Waals surface area contributed by atoms with Crippen LogP contribution in [0.25, 0.3) is 10.9 Å². The Morgan fingerprint density at radius 1 is 1.17 bits per heavy atom. The third kappa shape index (κ3) is 2.06. The van der Waals surface area contributed by atoms with Gasteiger partial charge in [0.2, 0.25) is 0 Å². The van der Waals surface area contributed by atoms with E-state index in [1.807, 2.05) is 12.1 Å². The summed E-state index contributed by atoms with van der Waals surface area (Å²) in [5.41, 5.74) is 1.06. The summed E-state index contributed by atoms with van der Waals surface area (Å²) < 4.78 is 5.66. The second-order valence-electron chi connectivity index (χ2n) is 5.01. The number of pyridine rings is 1. The van der Waals surface area contributed by atoms with Gasteiger partial charge in [-0.2, -0.15) is 0 Å². The van der Waals surface area contributed by atoms with Crippen LogP contribution < -0.4 is 4.90 Å². The Kier molecular flexibility index (Phi) is 2.92. The number of morpholine rings is 1. The van der Waals surface area contributed by atoms with Gasteiger partial charge in [0.15, 0.2) is 0 Å². The SMILES string of the molecule is C[C@@H]1CN(c2ccc3ccccc3n2)[C@@H](C)CO1. The molecule has 0 radical (unpaired) electrons. The minimum absolute atomic E-state index is 0.273. The molecule has 0 N–H and O–H groups in total. The molecule has 3 nitrogen and oxygen atoms in total. The first-order chi connectivity index (χ1) is 8.74.